The third kappa shape index (κ3) is 3.13. The standard InChI is InChI=1S/C13H10ClNO3S/c14-10-4-2-1-3-9(10)11(13(17)18)15-12(16)8-5-6-19-7-8/h1-7,11H,(H,15,16)(H,17,18)/t11-/m1/s1. The molecule has 0 bridgehead atoms. The summed E-state index contributed by atoms with van der Waals surface area (Å²) in [5, 5.41) is 15.4. The smallest absolute Gasteiger partial charge is 0.330 e. The van der Waals surface area contributed by atoms with Crippen molar-refractivity contribution in [1.29, 1.82) is 0 Å². The van der Waals surface area contributed by atoms with E-state index in [0.29, 0.717) is 16.1 Å². The number of benzene rings is 1. The lowest BCUT2D eigenvalue weighted by atomic mass is 10.1. The molecule has 19 heavy (non-hydrogen) atoms. The van der Waals surface area contributed by atoms with Crippen molar-refractivity contribution in [1.82, 2.24) is 5.32 Å². The van der Waals surface area contributed by atoms with E-state index in [4.69, 9.17) is 11.6 Å². The molecule has 0 fully saturated rings. The van der Waals surface area contributed by atoms with E-state index in [-0.39, 0.29) is 0 Å². The Morgan fingerprint density at radius 1 is 1.26 bits per heavy atom. The molecule has 1 aromatic carbocycles. The number of hydrogen-bond donors (Lipinski definition) is 2. The van der Waals surface area contributed by atoms with E-state index in [9.17, 15) is 14.7 Å². The first-order valence-electron chi connectivity index (χ1n) is 5.40. The zero-order chi connectivity index (χ0) is 13.8. The van der Waals surface area contributed by atoms with Crippen molar-refractivity contribution in [3.05, 3.63) is 57.2 Å². The maximum atomic E-state index is 11.9. The van der Waals surface area contributed by atoms with Gasteiger partial charge in [0, 0.05) is 16.0 Å². The van der Waals surface area contributed by atoms with Gasteiger partial charge in [-0.3, -0.25) is 4.79 Å². The Bertz CT molecular complexity index is 598. The first-order valence-corrected chi connectivity index (χ1v) is 6.72. The number of carboxylic acid groups (broad SMARTS) is 1. The van der Waals surface area contributed by atoms with Crippen LogP contribution >= 0.6 is 22.9 Å². The summed E-state index contributed by atoms with van der Waals surface area (Å²) in [5.41, 5.74) is 0.795. The SMILES string of the molecule is O=C(N[C@@H](C(=O)O)c1ccccc1Cl)c1ccsc1. The molecule has 1 amide bonds. The Hall–Kier alpha value is -1.85. The van der Waals surface area contributed by atoms with Gasteiger partial charge in [-0.2, -0.15) is 11.3 Å². The molecule has 4 nitrogen and oxygen atoms in total. The van der Waals surface area contributed by atoms with Crippen LogP contribution < -0.4 is 5.32 Å². The van der Waals surface area contributed by atoms with Crippen molar-refractivity contribution in [3.63, 3.8) is 0 Å². The Kier molecular flexibility index (Phi) is 4.19. The maximum Gasteiger partial charge on any atom is 0.330 e. The first kappa shape index (κ1) is 13.6. The largest absolute Gasteiger partial charge is 0.479 e. The molecule has 1 aromatic heterocycles. The lowest BCUT2D eigenvalue weighted by Gasteiger charge is -2.15. The molecule has 98 valence electrons. The van der Waals surface area contributed by atoms with Crippen molar-refractivity contribution in [2.24, 2.45) is 0 Å². The van der Waals surface area contributed by atoms with Crippen LogP contribution in [0.2, 0.25) is 5.02 Å². The molecule has 0 radical (unpaired) electrons. The number of carboxylic acids is 1. The fourth-order valence-electron chi connectivity index (χ4n) is 1.59. The van der Waals surface area contributed by atoms with E-state index in [1.807, 2.05) is 0 Å². The molecule has 0 saturated carbocycles. The number of thiophene rings is 1. The Balaban J connectivity index is 2.25. The van der Waals surface area contributed by atoms with Crippen LogP contribution in [-0.2, 0) is 4.79 Å². The van der Waals surface area contributed by atoms with Crippen LogP contribution in [0.5, 0.6) is 0 Å². The lowest BCUT2D eigenvalue weighted by molar-refractivity contribution is -0.139. The fourth-order valence-corrected chi connectivity index (χ4v) is 2.47. The van der Waals surface area contributed by atoms with Gasteiger partial charge in [0.15, 0.2) is 6.04 Å². The van der Waals surface area contributed by atoms with Gasteiger partial charge in [0.2, 0.25) is 0 Å². The van der Waals surface area contributed by atoms with Gasteiger partial charge in [0.05, 0.1) is 5.56 Å². The van der Waals surface area contributed by atoms with Crippen molar-refractivity contribution in [3.8, 4) is 0 Å². The summed E-state index contributed by atoms with van der Waals surface area (Å²) in [4.78, 5) is 23.2. The molecular formula is C13H10ClNO3S. The molecule has 6 heteroatoms. The molecule has 0 aliphatic heterocycles. The predicted octanol–water partition coefficient (Wildman–Crippen LogP) is 2.96. The highest BCUT2D eigenvalue weighted by Crippen LogP contribution is 2.23. The molecule has 2 aromatic rings. The van der Waals surface area contributed by atoms with Gasteiger partial charge in [-0.25, -0.2) is 4.79 Å². The van der Waals surface area contributed by atoms with Crippen LogP contribution in [0.25, 0.3) is 0 Å². The minimum Gasteiger partial charge on any atom is -0.479 e. The average molecular weight is 296 g/mol. The van der Waals surface area contributed by atoms with E-state index in [1.54, 1.807) is 41.1 Å². The van der Waals surface area contributed by atoms with Crippen LogP contribution in [-0.4, -0.2) is 17.0 Å². The Labute approximate surface area is 118 Å². The van der Waals surface area contributed by atoms with Crippen LogP contribution in [0.15, 0.2) is 41.1 Å². The summed E-state index contributed by atoms with van der Waals surface area (Å²) < 4.78 is 0. The van der Waals surface area contributed by atoms with Gasteiger partial charge >= 0.3 is 5.97 Å². The normalized spacial score (nSPS) is 11.8. The topological polar surface area (TPSA) is 66.4 Å². The summed E-state index contributed by atoms with van der Waals surface area (Å²) in [5.74, 6) is -1.59. The summed E-state index contributed by atoms with van der Waals surface area (Å²) >= 11 is 7.33. The van der Waals surface area contributed by atoms with E-state index >= 15 is 0 Å². The van der Waals surface area contributed by atoms with Crippen molar-refractivity contribution < 1.29 is 14.7 Å². The second kappa shape index (κ2) is 5.86. The zero-order valence-corrected chi connectivity index (χ0v) is 11.2. The third-order valence-electron chi connectivity index (χ3n) is 2.52. The summed E-state index contributed by atoms with van der Waals surface area (Å²) in [6, 6.07) is 7.00. The zero-order valence-electron chi connectivity index (χ0n) is 9.67. The predicted molar refractivity (Wildman–Crippen MR) is 73.6 cm³/mol. The number of aliphatic carboxylic acids is 1. The summed E-state index contributed by atoms with van der Waals surface area (Å²) in [6.07, 6.45) is 0. The van der Waals surface area contributed by atoms with Crippen molar-refractivity contribution >= 4 is 34.8 Å². The fraction of sp³-hybridized carbons (Fsp3) is 0.0769. The van der Waals surface area contributed by atoms with E-state index in [0.717, 1.165) is 0 Å². The third-order valence-corrected chi connectivity index (χ3v) is 3.55. The molecular weight excluding hydrogens is 286 g/mol. The number of carbonyl (C=O) groups is 2. The van der Waals surface area contributed by atoms with E-state index < -0.39 is 17.9 Å². The number of amides is 1. The second-order valence-electron chi connectivity index (χ2n) is 3.78. The van der Waals surface area contributed by atoms with Gasteiger partial charge in [-0.05, 0) is 17.5 Å². The van der Waals surface area contributed by atoms with Crippen LogP contribution in [0.3, 0.4) is 0 Å². The molecule has 1 atom stereocenters. The maximum absolute atomic E-state index is 11.9. The molecule has 0 aliphatic carbocycles. The van der Waals surface area contributed by atoms with Crippen molar-refractivity contribution in [2.45, 2.75) is 6.04 Å². The molecule has 2 N–H and O–H groups in total. The van der Waals surface area contributed by atoms with Gasteiger partial charge in [-0.15, -0.1) is 0 Å². The van der Waals surface area contributed by atoms with Gasteiger partial charge in [0.25, 0.3) is 5.91 Å². The quantitative estimate of drug-likeness (QED) is 0.911. The van der Waals surface area contributed by atoms with Crippen LogP contribution in [0.1, 0.15) is 22.0 Å². The number of rotatable bonds is 4. The monoisotopic (exact) mass is 295 g/mol. The van der Waals surface area contributed by atoms with Gasteiger partial charge < -0.3 is 10.4 Å². The summed E-state index contributed by atoms with van der Waals surface area (Å²) in [6.45, 7) is 0. The van der Waals surface area contributed by atoms with Crippen LogP contribution in [0, 0.1) is 0 Å². The molecule has 0 saturated heterocycles. The number of halogens is 1. The highest BCUT2D eigenvalue weighted by Gasteiger charge is 2.24. The molecule has 0 unspecified atom stereocenters. The molecule has 0 aliphatic rings. The summed E-state index contributed by atoms with van der Waals surface area (Å²) in [7, 11) is 0. The van der Waals surface area contributed by atoms with E-state index in [1.165, 1.54) is 11.3 Å². The Morgan fingerprint density at radius 2 is 2.00 bits per heavy atom. The highest BCUT2D eigenvalue weighted by atomic mass is 35.5. The number of nitrogens with one attached hydrogen (secondary N) is 1. The lowest BCUT2D eigenvalue weighted by Crippen LogP contribution is -2.33. The molecule has 0 spiro atoms. The van der Waals surface area contributed by atoms with Gasteiger partial charge in [0.1, 0.15) is 0 Å². The minimum absolute atomic E-state index is 0.306. The minimum atomic E-state index is -1.17. The molecule has 2 rings (SSSR count). The van der Waals surface area contributed by atoms with Crippen LogP contribution in [0.4, 0.5) is 0 Å². The van der Waals surface area contributed by atoms with E-state index in [2.05, 4.69) is 5.32 Å². The van der Waals surface area contributed by atoms with Gasteiger partial charge in [-0.1, -0.05) is 29.8 Å². The second-order valence-corrected chi connectivity index (χ2v) is 4.97. The first-order chi connectivity index (χ1) is 9.09. The number of carbonyl (C=O) groups excluding carboxylic acids is 1. The van der Waals surface area contributed by atoms with Crippen molar-refractivity contribution in [2.75, 3.05) is 0 Å². The Morgan fingerprint density at radius 3 is 2.58 bits per heavy atom. The average Bonchev–Trinajstić information content (AvgIpc) is 2.90. The highest BCUT2D eigenvalue weighted by molar-refractivity contribution is 7.08. The number of hydrogen-bond acceptors (Lipinski definition) is 3. The molecule has 1 heterocycles.